The van der Waals surface area contributed by atoms with E-state index in [2.05, 4.69) is 20.3 Å². The second-order valence-electron chi connectivity index (χ2n) is 6.49. The molecule has 0 fully saturated rings. The number of hydrogen-bond donors (Lipinski definition) is 2. The molecule has 0 bridgehead atoms. The molecule has 3 N–H and O–H groups in total. The smallest absolute Gasteiger partial charge is 0.475 e. The fraction of sp³-hybridized carbons (Fsp3) is 0.100. The van der Waals surface area contributed by atoms with Crippen LogP contribution in [-0.2, 0) is 4.79 Å². The van der Waals surface area contributed by atoms with Crippen molar-refractivity contribution in [1.82, 2.24) is 15.0 Å². The predicted octanol–water partition coefficient (Wildman–Crippen LogP) is 5.75. The average molecular weight is 478 g/mol. The lowest BCUT2D eigenvalue weighted by Crippen LogP contribution is -2.21. The van der Waals surface area contributed by atoms with Gasteiger partial charge in [0.2, 0.25) is 0 Å². The van der Waals surface area contributed by atoms with Crippen LogP contribution < -0.4 is 5.73 Å². The summed E-state index contributed by atoms with van der Waals surface area (Å²) in [4.78, 5) is 21.9. The maximum absolute atomic E-state index is 10.6. The van der Waals surface area contributed by atoms with Crippen LogP contribution in [0.3, 0.4) is 0 Å². The standard InChI is InChI=1S/C18H12N4OS2.C2HF3O2/c1-9-22-14(8-24-9)12-5-21-18(19)17-11(12)4-15(23-17)13-7-25-16-6-20-3-2-10(13)16;3-2(4,5)1(6)7/h2-8H,1H3,(H2,19,21);(H,6,7). The SMILES string of the molecule is Cc1nc(-c2cnc(N)c3oc(-c4csc5cnccc45)cc23)cs1.O=C(O)C(F)(F)F. The van der Waals surface area contributed by atoms with Gasteiger partial charge < -0.3 is 15.3 Å². The largest absolute Gasteiger partial charge is 0.490 e. The third-order valence-electron chi connectivity index (χ3n) is 4.37. The van der Waals surface area contributed by atoms with Crippen LogP contribution >= 0.6 is 22.7 Å². The number of aromatic nitrogens is 3. The Morgan fingerprint density at radius 1 is 1.16 bits per heavy atom. The molecular formula is C20H13F3N4O3S2. The van der Waals surface area contributed by atoms with Gasteiger partial charge in [0.1, 0.15) is 5.76 Å². The minimum absolute atomic E-state index is 0.387. The number of furan rings is 1. The molecule has 5 aromatic heterocycles. The van der Waals surface area contributed by atoms with E-state index in [0.29, 0.717) is 11.4 Å². The van der Waals surface area contributed by atoms with E-state index in [-0.39, 0.29) is 0 Å². The van der Waals surface area contributed by atoms with Crippen molar-refractivity contribution in [2.24, 2.45) is 0 Å². The van der Waals surface area contributed by atoms with E-state index in [1.165, 1.54) is 0 Å². The second-order valence-corrected chi connectivity index (χ2v) is 8.46. The van der Waals surface area contributed by atoms with Crippen molar-refractivity contribution in [3.05, 3.63) is 46.5 Å². The lowest BCUT2D eigenvalue weighted by Gasteiger charge is -1.99. The topological polar surface area (TPSA) is 115 Å². The van der Waals surface area contributed by atoms with Crippen LogP contribution in [0.5, 0.6) is 0 Å². The highest BCUT2D eigenvalue weighted by Crippen LogP contribution is 2.40. The first kappa shape index (κ1) is 21.7. The normalized spacial score (nSPS) is 11.5. The number of aliphatic carboxylic acids is 1. The summed E-state index contributed by atoms with van der Waals surface area (Å²) in [7, 11) is 0. The third kappa shape index (κ3) is 4.14. The molecule has 0 saturated heterocycles. The van der Waals surface area contributed by atoms with E-state index in [1.807, 2.05) is 30.6 Å². The summed E-state index contributed by atoms with van der Waals surface area (Å²) in [6, 6.07) is 4.03. The number of carbonyl (C=O) groups is 1. The zero-order valence-electron chi connectivity index (χ0n) is 16.2. The van der Waals surface area contributed by atoms with Crippen molar-refractivity contribution >= 4 is 55.5 Å². The van der Waals surface area contributed by atoms with Crippen molar-refractivity contribution in [2.45, 2.75) is 13.1 Å². The van der Waals surface area contributed by atoms with E-state index in [9.17, 15) is 13.2 Å². The number of halogens is 3. The van der Waals surface area contributed by atoms with Gasteiger partial charge in [0.25, 0.3) is 0 Å². The highest BCUT2D eigenvalue weighted by molar-refractivity contribution is 7.17. The number of anilines is 1. The monoisotopic (exact) mass is 478 g/mol. The third-order valence-corrected chi connectivity index (χ3v) is 6.08. The average Bonchev–Trinajstić information content (AvgIpc) is 3.46. The van der Waals surface area contributed by atoms with E-state index >= 15 is 0 Å². The Labute approximate surface area is 186 Å². The quantitative estimate of drug-likeness (QED) is 0.332. The zero-order chi connectivity index (χ0) is 23.0. The number of nitrogens with zero attached hydrogens (tertiary/aromatic N) is 3. The Morgan fingerprint density at radius 2 is 1.91 bits per heavy atom. The highest BCUT2D eigenvalue weighted by atomic mass is 32.1. The molecule has 0 atom stereocenters. The van der Waals surface area contributed by atoms with E-state index in [1.54, 1.807) is 35.1 Å². The number of rotatable bonds is 2. The van der Waals surface area contributed by atoms with Crippen LogP contribution in [0.25, 0.3) is 43.6 Å². The molecule has 0 spiro atoms. The fourth-order valence-electron chi connectivity index (χ4n) is 2.94. The lowest BCUT2D eigenvalue weighted by molar-refractivity contribution is -0.192. The van der Waals surface area contributed by atoms with E-state index in [4.69, 9.17) is 20.1 Å². The summed E-state index contributed by atoms with van der Waals surface area (Å²) in [6.45, 7) is 1.99. The maximum atomic E-state index is 10.6. The maximum Gasteiger partial charge on any atom is 0.490 e. The first-order valence-corrected chi connectivity index (χ1v) is 10.6. The molecule has 0 aliphatic rings. The highest BCUT2D eigenvalue weighted by Gasteiger charge is 2.38. The van der Waals surface area contributed by atoms with Gasteiger partial charge in [0, 0.05) is 51.3 Å². The van der Waals surface area contributed by atoms with Crippen molar-refractivity contribution < 1.29 is 27.5 Å². The minimum Gasteiger partial charge on any atom is -0.475 e. The number of thiophene rings is 1. The number of carboxylic acids is 1. The summed E-state index contributed by atoms with van der Waals surface area (Å²) in [5.41, 5.74) is 9.53. The molecule has 0 amide bonds. The number of aryl methyl sites for hydroxylation is 1. The Kier molecular flexibility index (Phi) is 5.57. The van der Waals surface area contributed by atoms with Crippen molar-refractivity contribution in [1.29, 1.82) is 0 Å². The number of nitrogens with two attached hydrogens (primary N) is 1. The van der Waals surface area contributed by atoms with E-state index < -0.39 is 12.1 Å². The van der Waals surface area contributed by atoms with Crippen LogP contribution in [0.4, 0.5) is 19.0 Å². The summed E-state index contributed by atoms with van der Waals surface area (Å²) in [5.74, 6) is -1.59. The molecule has 0 unspecified atom stereocenters. The molecule has 7 nitrogen and oxygen atoms in total. The first-order valence-electron chi connectivity index (χ1n) is 8.87. The summed E-state index contributed by atoms with van der Waals surface area (Å²) in [5, 5.41) is 14.3. The molecular weight excluding hydrogens is 465 g/mol. The van der Waals surface area contributed by atoms with Gasteiger partial charge in [-0.2, -0.15) is 13.2 Å². The van der Waals surface area contributed by atoms with Crippen LogP contribution in [0.15, 0.2) is 45.9 Å². The molecule has 0 aliphatic carbocycles. The van der Waals surface area contributed by atoms with E-state index in [0.717, 1.165) is 43.1 Å². The zero-order valence-corrected chi connectivity index (χ0v) is 17.8. The number of nitrogen functional groups attached to an aromatic ring is 1. The van der Waals surface area contributed by atoms with Crippen molar-refractivity contribution in [2.75, 3.05) is 5.73 Å². The van der Waals surface area contributed by atoms with Crippen LogP contribution in [0.2, 0.25) is 0 Å². The number of pyridine rings is 2. The lowest BCUT2D eigenvalue weighted by atomic mass is 10.1. The van der Waals surface area contributed by atoms with Gasteiger partial charge in [-0.05, 0) is 19.1 Å². The van der Waals surface area contributed by atoms with Gasteiger partial charge in [-0.25, -0.2) is 14.8 Å². The van der Waals surface area contributed by atoms with Gasteiger partial charge in [0.15, 0.2) is 11.4 Å². The Bertz CT molecular complexity index is 1440. The molecule has 0 saturated carbocycles. The van der Waals surface area contributed by atoms with Gasteiger partial charge >= 0.3 is 12.1 Å². The van der Waals surface area contributed by atoms with Crippen LogP contribution in [0, 0.1) is 6.92 Å². The summed E-state index contributed by atoms with van der Waals surface area (Å²) in [6.07, 6.45) is 0.341. The van der Waals surface area contributed by atoms with Gasteiger partial charge in [-0.1, -0.05) is 0 Å². The number of carboxylic acid groups (broad SMARTS) is 1. The molecule has 5 rings (SSSR count). The van der Waals surface area contributed by atoms with Gasteiger partial charge in [-0.15, -0.1) is 22.7 Å². The van der Waals surface area contributed by atoms with Crippen molar-refractivity contribution in [3.63, 3.8) is 0 Å². The first-order chi connectivity index (χ1) is 15.1. The molecule has 164 valence electrons. The molecule has 5 aromatic rings. The second kappa shape index (κ2) is 8.20. The Hall–Kier alpha value is -3.51. The molecule has 12 heteroatoms. The Balaban J connectivity index is 0.000000307. The minimum atomic E-state index is -5.08. The van der Waals surface area contributed by atoms with Gasteiger partial charge in [-0.3, -0.25) is 4.98 Å². The van der Waals surface area contributed by atoms with Crippen LogP contribution in [-0.4, -0.2) is 32.2 Å². The Morgan fingerprint density at radius 3 is 2.56 bits per heavy atom. The summed E-state index contributed by atoms with van der Waals surface area (Å²) >= 11 is 3.26. The van der Waals surface area contributed by atoms with Crippen LogP contribution in [0.1, 0.15) is 5.01 Å². The van der Waals surface area contributed by atoms with Crippen molar-refractivity contribution in [3.8, 4) is 22.6 Å². The number of fused-ring (bicyclic) bond motifs is 2. The molecule has 5 heterocycles. The predicted molar refractivity (Wildman–Crippen MR) is 117 cm³/mol. The molecule has 0 aromatic carbocycles. The number of alkyl halides is 3. The van der Waals surface area contributed by atoms with Gasteiger partial charge in [0.05, 0.1) is 15.4 Å². The molecule has 0 radical (unpaired) electrons. The fourth-order valence-corrected chi connectivity index (χ4v) is 4.47. The molecule has 32 heavy (non-hydrogen) atoms. The number of thiazole rings is 1. The molecule has 0 aliphatic heterocycles. The number of hydrogen-bond acceptors (Lipinski definition) is 8. The summed E-state index contributed by atoms with van der Waals surface area (Å²) < 4.78 is 39.0.